The van der Waals surface area contributed by atoms with E-state index < -0.39 is 0 Å². The Hall–Kier alpha value is -1.73. The average Bonchev–Trinajstić information content (AvgIpc) is 2.38. The fourth-order valence-corrected chi connectivity index (χ4v) is 1.45. The Morgan fingerprint density at radius 3 is 2.56 bits per heavy atom. The second-order valence-corrected chi connectivity index (χ2v) is 3.56. The van der Waals surface area contributed by atoms with Crippen LogP contribution < -0.4 is 5.32 Å². The lowest BCUT2D eigenvalue weighted by atomic mass is 10.3. The third-order valence-corrected chi connectivity index (χ3v) is 2.24. The summed E-state index contributed by atoms with van der Waals surface area (Å²) in [5.74, 6) is 0.168. The van der Waals surface area contributed by atoms with Gasteiger partial charge in [0.1, 0.15) is 11.5 Å². The van der Waals surface area contributed by atoms with Crippen LogP contribution in [0.3, 0.4) is 0 Å². The summed E-state index contributed by atoms with van der Waals surface area (Å²) in [5.41, 5.74) is 0.190. The molecule has 1 heterocycles. The van der Waals surface area contributed by atoms with E-state index in [2.05, 4.69) is 15.3 Å². The summed E-state index contributed by atoms with van der Waals surface area (Å²) in [5, 5.41) is 20.7. The number of carbonyl (C=O) groups excluding carboxylic acids is 1. The normalized spacial score (nSPS) is 10.2. The van der Waals surface area contributed by atoms with Crippen LogP contribution in [0.15, 0.2) is 12.4 Å². The highest BCUT2D eigenvalue weighted by Crippen LogP contribution is 2.05. The van der Waals surface area contributed by atoms with Gasteiger partial charge in [-0.15, -0.1) is 0 Å². The molecule has 0 saturated heterocycles. The molecule has 18 heavy (non-hydrogen) atoms. The van der Waals surface area contributed by atoms with Gasteiger partial charge in [-0.1, -0.05) is 0 Å². The lowest BCUT2D eigenvalue weighted by Gasteiger charge is -2.20. The molecule has 0 atom stereocenters. The minimum absolute atomic E-state index is 0.159. The van der Waals surface area contributed by atoms with Crippen LogP contribution in [0.4, 0.5) is 5.82 Å². The molecular weight excluding hydrogens is 236 g/mol. The zero-order valence-corrected chi connectivity index (χ0v) is 10.3. The standard InChI is InChI=1S/C11H18N4O3/c1-2-13-10-8-12-7-9(14-10)11(18)15(3-5-16)4-6-17/h7-8,16-17H,2-6H2,1H3,(H,13,14). The molecule has 100 valence electrons. The van der Waals surface area contributed by atoms with Crippen molar-refractivity contribution in [2.45, 2.75) is 6.92 Å². The minimum Gasteiger partial charge on any atom is -0.395 e. The van der Waals surface area contributed by atoms with Crippen LogP contribution in [0.2, 0.25) is 0 Å². The summed E-state index contributed by atoms with van der Waals surface area (Å²) in [6, 6.07) is 0. The number of nitrogens with one attached hydrogen (secondary N) is 1. The molecule has 0 aliphatic heterocycles. The van der Waals surface area contributed by atoms with Crippen LogP contribution in [0, 0.1) is 0 Å². The Bertz CT molecular complexity index is 380. The fourth-order valence-electron chi connectivity index (χ4n) is 1.45. The van der Waals surface area contributed by atoms with E-state index in [1.54, 1.807) is 0 Å². The molecule has 0 bridgehead atoms. The molecule has 0 aromatic carbocycles. The van der Waals surface area contributed by atoms with Gasteiger partial charge in [-0.2, -0.15) is 0 Å². The van der Waals surface area contributed by atoms with Crippen molar-refractivity contribution < 1.29 is 15.0 Å². The Labute approximate surface area is 105 Å². The molecule has 1 amide bonds. The number of aliphatic hydroxyl groups excluding tert-OH is 2. The van der Waals surface area contributed by atoms with Crippen LogP contribution in [0.5, 0.6) is 0 Å². The number of aromatic nitrogens is 2. The van der Waals surface area contributed by atoms with Crippen molar-refractivity contribution in [2.24, 2.45) is 0 Å². The van der Waals surface area contributed by atoms with Gasteiger partial charge in [-0.3, -0.25) is 9.78 Å². The van der Waals surface area contributed by atoms with Crippen LogP contribution >= 0.6 is 0 Å². The zero-order valence-electron chi connectivity index (χ0n) is 10.3. The van der Waals surface area contributed by atoms with Gasteiger partial charge in [-0.05, 0) is 6.92 Å². The topological polar surface area (TPSA) is 98.6 Å². The van der Waals surface area contributed by atoms with Crippen molar-refractivity contribution in [2.75, 3.05) is 38.2 Å². The predicted molar refractivity (Wildman–Crippen MR) is 66.3 cm³/mol. The molecule has 7 heteroatoms. The van der Waals surface area contributed by atoms with E-state index in [1.165, 1.54) is 17.3 Å². The molecule has 1 aromatic heterocycles. The van der Waals surface area contributed by atoms with E-state index in [1.807, 2.05) is 6.92 Å². The predicted octanol–water partition coefficient (Wildman–Crippen LogP) is -0.665. The SMILES string of the molecule is CCNc1cncc(C(=O)N(CCO)CCO)n1. The van der Waals surface area contributed by atoms with E-state index in [9.17, 15) is 4.79 Å². The number of rotatable bonds is 7. The second-order valence-electron chi connectivity index (χ2n) is 3.56. The molecule has 0 saturated carbocycles. The van der Waals surface area contributed by atoms with Crippen molar-refractivity contribution in [3.05, 3.63) is 18.1 Å². The van der Waals surface area contributed by atoms with Crippen molar-refractivity contribution >= 4 is 11.7 Å². The first-order valence-electron chi connectivity index (χ1n) is 5.79. The highest BCUT2D eigenvalue weighted by molar-refractivity contribution is 5.92. The van der Waals surface area contributed by atoms with E-state index in [-0.39, 0.29) is 37.9 Å². The number of carbonyl (C=O) groups is 1. The minimum atomic E-state index is -0.356. The van der Waals surface area contributed by atoms with Crippen LogP contribution in [0.25, 0.3) is 0 Å². The van der Waals surface area contributed by atoms with Gasteiger partial charge in [0.15, 0.2) is 0 Å². The maximum absolute atomic E-state index is 12.1. The summed E-state index contributed by atoms with van der Waals surface area (Å²) >= 11 is 0. The maximum Gasteiger partial charge on any atom is 0.274 e. The zero-order chi connectivity index (χ0) is 13.4. The second kappa shape index (κ2) is 7.57. The highest BCUT2D eigenvalue weighted by atomic mass is 16.3. The van der Waals surface area contributed by atoms with Gasteiger partial charge in [-0.25, -0.2) is 4.98 Å². The summed E-state index contributed by atoms with van der Waals surface area (Å²) in [7, 11) is 0. The molecule has 1 aromatic rings. The highest BCUT2D eigenvalue weighted by Gasteiger charge is 2.16. The van der Waals surface area contributed by atoms with E-state index >= 15 is 0 Å². The monoisotopic (exact) mass is 254 g/mol. The summed E-state index contributed by atoms with van der Waals surface area (Å²) in [6.45, 7) is 2.60. The lowest BCUT2D eigenvalue weighted by molar-refractivity contribution is 0.0678. The number of nitrogens with zero attached hydrogens (tertiary/aromatic N) is 3. The molecule has 0 spiro atoms. The van der Waals surface area contributed by atoms with Gasteiger partial charge in [0.2, 0.25) is 0 Å². The first-order valence-corrected chi connectivity index (χ1v) is 5.79. The van der Waals surface area contributed by atoms with Gasteiger partial charge in [0.25, 0.3) is 5.91 Å². The van der Waals surface area contributed by atoms with Crippen molar-refractivity contribution in [1.82, 2.24) is 14.9 Å². The summed E-state index contributed by atoms with van der Waals surface area (Å²) < 4.78 is 0. The molecule has 0 fully saturated rings. The van der Waals surface area contributed by atoms with Crippen LogP contribution in [-0.2, 0) is 0 Å². The number of anilines is 1. The van der Waals surface area contributed by atoms with E-state index in [0.717, 1.165) is 0 Å². The molecule has 7 nitrogen and oxygen atoms in total. The molecule has 0 aliphatic carbocycles. The Morgan fingerprint density at radius 2 is 2.00 bits per heavy atom. The fraction of sp³-hybridized carbons (Fsp3) is 0.545. The van der Waals surface area contributed by atoms with Gasteiger partial charge < -0.3 is 20.4 Å². The smallest absolute Gasteiger partial charge is 0.274 e. The van der Waals surface area contributed by atoms with E-state index in [0.29, 0.717) is 12.4 Å². The maximum atomic E-state index is 12.1. The molecule has 0 radical (unpaired) electrons. The molecule has 3 N–H and O–H groups in total. The third kappa shape index (κ3) is 3.94. The largest absolute Gasteiger partial charge is 0.395 e. The molecule has 0 aliphatic rings. The Balaban J connectivity index is 2.82. The van der Waals surface area contributed by atoms with E-state index in [4.69, 9.17) is 10.2 Å². The first-order chi connectivity index (χ1) is 8.72. The van der Waals surface area contributed by atoms with Crippen molar-refractivity contribution in [3.8, 4) is 0 Å². The third-order valence-electron chi connectivity index (χ3n) is 2.24. The quantitative estimate of drug-likeness (QED) is 0.597. The molecule has 1 rings (SSSR count). The first kappa shape index (κ1) is 14.3. The van der Waals surface area contributed by atoms with Gasteiger partial charge >= 0.3 is 0 Å². The Morgan fingerprint density at radius 1 is 1.33 bits per heavy atom. The number of hydrogen-bond acceptors (Lipinski definition) is 6. The van der Waals surface area contributed by atoms with Crippen molar-refractivity contribution in [1.29, 1.82) is 0 Å². The Kier molecular flexibility index (Phi) is 6.03. The van der Waals surface area contributed by atoms with Crippen molar-refractivity contribution in [3.63, 3.8) is 0 Å². The molecular formula is C11H18N4O3. The number of amides is 1. The van der Waals surface area contributed by atoms with Crippen LogP contribution in [-0.4, -0.2) is 63.8 Å². The number of hydrogen-bond donors (Lipinski definition) is 3. The van der Waals surface area contributed by atoms with Crippen LogP contribution in [0.1, 0.15) is 17.4 Å². The average molecular weight is 254 g/mol. The summed E-state index contributed by atoms with van der Waals surface area (Å²) in [4.78, 5) is 21.4. The summed E-state index contributed by atoms with van der Waals surface area (Å²) in [6.07, 6.45) is 2.90. The molecule has 0 unspecified atom stereocenters. The lowest BCUT2D eigenvalue weighted by Crippen LogP contribution is -2.36. The number of aliphatic hydroxyl groups is 2. The van der Waals surface area contributed by atoms with Gasteiger partial charge in [0.05, 0.1) is 25.6 Å². The van der Waals surface area contributed by atoms with Gasteiger partial charge in [0, 0.05) is 19.6 Å².